The van der Waals surface area contributed by atoms with Crippen LogP contribution in [-0.2, 0) is 6.42 Å². The van der Waals surface area contributed by atoms with Crippen molar-refractivity contribution in [1.82, 2.24) is 0 Å². The second kappa shape index (κ2) is 6.94. The molecule has 1 aromatic carbocycles. The van der Waals surface area contributed by atoms with Gasteiger partial charge in [-0.05, 0) is 49.1 Å². The lowest BCUT2D eigenvalue weighted by atomic mass is 9.84. The van der Waals surface area contributed by atoms with Crippen molar-refractivity contribution >= 4 is 0 Å². The van der Waals surface area contributed by atoms with Crippen LogP contribution in [0.3, 0.4) is 0 Å². The molecule has 0 saturated heterocycles. The van der Waals surface area contributed by atoms with E-state index in [0.717, 1.165) is 25.2 Å². The van der Waals surface area contributed by atoms with Gasteiger partial charge in [0.15, 0.2) is 0 Å². The van der Waals surface area contributed by atoms with E-state index < -0.39 is 0 Å². The Kier molecular flexibility index (Phi) is 5.25. The highest BCUT2D eigenvalue weighted by atomic mass is 14.6. The molecule has 0 heterocycles. The van der Waals surface area contributed by atoms with Crippen molar-refractivity contribution in [3.05, 3.63) is 35.4 Å². The Labute approximate surface area is 112 Å². The van der Waals surface area contributed by atoms with Crippen LogP contribution in [0, 0.1) is 0 Å². The van der Waals surface area contributed by atoms with E-state index >= 15 is 0 Å². The van der Waals surface area contributed by atoms with Gasteiger partial charge in [-0.15, -0.1) is 0 Å². The third-order valence-corrected chi connectivity index (χ3v) is 4.38. The molecule has 0 aromatic heterocycles. The van der Waals surface area contributed by atoms with E-state index in [1.54, 1.807) is 5.56 Å². The average Bonchev–Trinajstić information content (AvgIpc) is 2.46. The number of aryl methyl sites for hydroxylation is 1. The fourth-order valence-corrected chi connectivity index (χ4v) is 2.95. The minimum absolute atomic E-state index is 0.364. The van der Waals surface area contributed by atoms with Gasteiger partial charge in [0.2, 0.25) is 0 Å². The lowest BCUT2D eigenvalue weighted by molar-refractivity contribution is 0.443. The number of nitrogens with two attached hydrogens (primary N) is 1. The minimum atomic E-state index is 0.364. The summed E-state index contributed by atoms with van der Waals surface area (Å²) in [6.45, 7) is 2.16. The van der Waals surface area contributed by atoms with Gasteiger partial charge in [-0.3, -0.25) is 0 Å². The summed E-state index contributed by atoms with van der Waals surface area (Å²) in [5.41, 5.74) is 8.96. The fraction of sp³-hybridized carbons (Fsp3) is 0.647. The highest BCUT2D eigenvalue weighted by Gasteiger charge is 2.14. The molecule has 1 nitrogen and oxygen atoms in total. The molecule has 100 valence electrons. The van der Waals surface area contributed by atoms with Gasteiger partial charge in [-0.25, -0.2) is 0 Å². The van der Waals surface area contributed by atoms with Gasteiger partial charge in [-0.1, -0.05) is 50.5 Å². The van der Waals surface area contributed by atoms with Gasteiger partial charge in [0.1, 0.15) is 0 Å². The summed E-state index contributed by atoms with van der Waals surface area (Å²) in [4.78, 5) is 0. The maximum absolute atomic E-state index is 5.97. The molecule has 1 heteroatoms. The predicted octanol–water partition coefficient (Wildman–Crippen LogP) is 4.40. The van der Waals surface area contributed by atoms with Crippen LogP contribution in [0.5, 0.6) is 0 Å². The number of hydrogen-bond acceptors (Lipinski definition) is 1. The molecule has 18 heavy (non-hydrogen) atoms. The second-order valence-electron chi connectivity index (χ2n) is 5.78. The van der Waals surface area contributed by atoms with Gasteiger partial charge in [0.05, 0.1) is 0 Å². The van der Waals surface area contributed by atoms with Crippen LogP contribution >= 0.6 is 0 Å². The molecule has 0 amide bonds. The topological polar surface area (TPSA) is 26.0 Å². The first-order valence-electron chi connectivity index (χ1n) is 7.64. The van der Waals surface area contributed by atoms with Crippen molar-refractivity contribution in [2.45, 2.75) is 70.3 Å². The molecule has 2 rings (SSSR count). The molecule has 1 atom stereocenters. The maximum atomic E-state index is 5.97. The molecule has 1 aliphatic rings. The Hall–Kier alpha value is -0.820. The van der Waals surface area contributed by atoms with Gasteiger partial charge < -0.3 is 5.73 Å². The summed E-state index contributed by atoms with van der Waals surface area (Å²) in [6, 6.07) is 9.69. The molecule has 1 aromatic rings. The predicted molar refractivity (Wildman–Crippen MR) is 78.9 cm³/mol. The Morgan fingerprint density at radius 2 is 1.78 bits per heavy atom. The second-order valence-corrected chi connectivity index (χ2v) is 5.78. The zero-order chi connectivity index (χ0) is 12.8. The van der Waals surface area contributed by atoms with Crippen molar-refractivity contribution in [2.75, 3.05) is 0 Å². The summed E-state index contributed by atoms with van der Waals surface area (Å²) in [7, 11) is 0. The van der Waals surface area contributed by atoms with E-state index in [1.807, 2.05) is 0 Å². The van der Waals surface area contributed by atoms with Crippen LogP contribution in [0.1, 0.15) is 68.9 Å². The molecular formula is C17H27N. The van der Waals surface area contributed by atoms with Crippen LogP contribution in [0.4, 0.5) is 0 Å². The first-order valence-corrected chi connectivity index (χ1v) is 7.64. The third-order valence-electron chi connectivity index (χ3n) is 4.38. The number of hydrogen-bond donors (Lipinski definition) is 1. The Bertz CT molecular complexity index is 335. The lowest BCUT2D eigenvalue weighted by Gasteiger charge is -2.22. The monoisotopic (exact) mass is 245 g/mol. The fourth-order valence-electron chi connectivity index (χ4n) is 2.95. The first kappa shape index (κ1) is 13.6. The summed E-state index contributed by atoms with van der Waals surface area (Å²) >= 11 is 0. The lowest BCUT2D eigenvalue weighted by Crippen LogP contribution is -2.19. The quantitative estimate of drug-likeness (QED) is 0.817. The highest BCUT2D eigenvalue weighted by molar-refractivity contribution is 5.25. The van der Waals surface area contributed by atoms with Crippen LogP contribution < -0.4 is 5.73 Å². The third kappa shape index (κ3) is 3.84. The van der Waals surface area contributed by atoms with E-state index in [9.17, 15) is 0 Å². The zero-order valence-corrected chi connectivity index (χ0v) is 11.7. The molecule has 2 N–H and O–H groups in total. The summed E-state index contributed by atoms with van der Waals surface area (Å²) < 4.78 is 0. The van der Waals surface area contributed by atoms with E-state index in [0.29, 0.717) is 6.04 Å². The Balaban J connectivity index is 1.88. The van der Waals surface area contributed by atoms with E-state index in [2.05, 4.69) is 31.2 Å². The molecule has 1 unspecified atom stereocenters. The van der Waals surface area contributed by atoms with Gasteiger partial charge in [-0.2, -0.15) is 0 Å². The highest BCUT2D eigenvalue weighted by Crippen LogP contribution is 2.32. The number of benzene rings is 1. The van der Waals surface area contributed by atoms with Crippen molar-refractivity contribution in [3.63, 3.8) is 0 Å². The number of rotatable bonds is 5. The zero-order valence-electron chi connectivity index (χ0n) is 11.7. The largest absolute Gasteiger partial charge is 0.328 e. The molecule has 0 bridgehead atoms. The Morgan fingerprint density at radius 1 is 1.11 bits per heavy atom. The van der Waals surface area contributed by atoms with Gasteiger partial charge in [0, 0.05) is 6.04 Å². The summed E-state index contributed by atoms with van der Waals surface area (Å²) in [6.07, 6.45) is 10.4. The molecule has 0 aliphatic heterocycles. The molecule has 1 saturated carbocycles. The standard InChI is InChI=1S/C17H27N/c1-2-17(18)13-10-14-8-11-16(12-9-14)15-6-4-3-5-7-15/h8-9,11-12,15,17H,2-7,10,13,18H2,1H3. The molecule has 1 aliphatic carbocycles. The smallest absolute Gasteiger partial charge is 0.00393 e. The van der Waals surface area contributed by atoms with E-state index in [4.69, 9.17) is 5.73 Å². The van der Waals surface area contributed by atoms with Crippen molar-refractivity contribution < 1.29 is 0 Å². The average molecular weight is 245 g/mol. The Morgan fingerprint density at radius 3 is 2.39 bits per heavy atom. The van der Waals surface area contributed by atoms with Crippen LogP contribution in [0.25, 0.3) is 0 Å². The van der Waals surface area contributed by atoms with Gasteiger partial charge in [0.25, 0.3) is 0 Å². The van der Waals surface area contributed by atoms with E-state index in [1.165, 1.54) is 37.7 Å². The molecular weight excluding hydrogens is 218 g/mol. The summed E-state index contributed by atoms with van der Waals surface area (Å²) in [5, 5.41) is 0. The normalized spacial score (nSPS) is 18.8. The van der Waals surface area contributed by atoms with Crippen LogP contribution in [0.15, 0.2) is 24.3 Å². The van der Waals surface area contributed by atoms with Crippen molar-refractivity contribution in [3.8, 4) is 0 Å². The van der Waals surface area contributed by atoms with Crippen molar-refractivity contribution in [2.24, 2.45) is 5.73 Å². The molecule has 0 radical (unpaired) electrons. The molecule has 0 spiro atoms. The first-order chi connectivity index (χ1) is 8.79. The van der Waals surface area contributed by atoms with E-state index in [-0.39, 0.29) is 0 Å². The molecule has 1 fully saturated rings. The SMILES string of the molecule is CCC(N)CCc1ccc(C2CCCCC2)cc1. The van der Waals surface area contributed by atoms with Crippen molar-refractivity contribution in [1.29, 1.82) is 0 Å². The van der Waals surface area contributed by atoms with Crippen LogP contribution in [0.2, 0.25) is 0 Å². The van der Waals surface area contributed by atoms with Crippen LogP contribution in [-0.4, -0.2) is 6.04 Å². The maximum Gasteiger partial charge on any atom is 0.00393 e. The minimum Gasteiger partial charge on any atom is -0.328 e. The van der Waals surface area contributed by atoms with Gasteiger partial charge >= 0.3 is 0 Å². The summed E-state index contributed by atoms with van der Waals surface area (Å²) in [5.74, 6) is 0.825.